The van der Waals surface area contributed by atoms with Crippen molar-refractivity contribution in [2.75, 3.05) is 30.3 Å². The molecule has 1 N–H and O–H groups in total. The molecule has 46 heavy (non-hydrogen) atoms. The summed E-state index contributed by atoms with van der Waals surface area (Å²) < 4.78 is 36.4. The Morgan fingerprint density at radius 3 is 2.22 bits per heavy atom. The van der Waals surface area contributed by atoms with Crippen molar-refractivity contribution in [3.05, 3.63) is 119 Å². The van der Waals surface area contributed by atoms with Gasteiger partial charge in [0.2, 0.25) is 11.8 Å². The van der Waals surface area contributed by atoms with Crippen molar-refractivity contribution in [2.24, 2.45) is 0 Å². The Labute approximate surface area is 284 Å². The van der Waals surface area contributed by atoms with Crippen molar-refractivity contribution in [1.29, 1.82) is 0 Å². The Balaban J connectivity index is 1.83. The van der Waals surface area contributed by atoms with Crippen molar-refractivity contribution >= 4 is 55.2 Å². The first-order valence-corrected chi connectivity index (χ1v) is 18.4. The van der Waals surface area contributed by atoms with Gasteiger partial charge < -0.3 is 15.0 Å². The number of anilines is 1. The molecule has 8 nitrogen and oxygen atoms in total. The van der Waals surface area contributed by atoms with Crippen LogP contribution in [0.25, 0.3) is 0 Å². The number of rotatable bonds is 15. The van der Waals surface area contributed by atoms with Gasteiger partial charge in [0.25, 0.3) is 10.0 Å². The van der Waals surface area contributed by atoms with Crippen LogP contribution in [0.15, 0.2) is 117 Å². The molecular formula is C35H38BrN3O5S2. The van der Waals surface area contributed by atoms with Gasteiger partial charge in [0, 0.05) is 28.9 Å². The Morgan fingerprint density at radius 1 is 0.891 bits per heavy atom. The average Bonchev–Trinajstić information content (AvgIpc) is 3.06. The van der Waals surface area contributed by atoms with Crippen LogP contribution in [0.1, 0.15) is 25.0 Å². The highest BCUT2D eigenvalue weighted by Gasteiger charge is 2.35. The van der Waals surface area contributed by atoms with Crippen LogP contribution in [-0.2, 0) is 32.6 Å². The van der Waals surface area contributed by atoms with Crippen molar-refractivity contribution in [3.8, 4) is 5.75 Å². The van der Waals surface area contributed by atoms with E-state index in [1.54, 1.807) is 36.4 Å². The predicted molar refractivity (Wildman–Crippen MR) is 188 cm³/mol. The van der Waals surface area contributed by atoms with Crippen LogP contribution in [0.4, 0.5) is 5.69 Å². The van der Waals surface area contributed by atoms with Crippen LogP contribution in [0.5, 0.6) is 5.75 Å². The molecule has 4 rings (SSSR count). The Kier molecular flexibility index (Phi) is 12.7. The molecule has 0 fully saturated rings. The van der Waals surface area contributed by atoms with E-state index in [-0.39, 0.29) is 29.5 Å². The fourth-order valence-corrected chi connectivity index (χ4v) is 7.29. The Bertz CT molecular complexity index is 1720. The van der Waals surface area contributed by atoms with Gasteiger partial charge in [-0.2, -0.15) is 0 Å². The second-order valence-electron chi connectivity index (χ2n) is 10.3. The number of carbonyl (C=O) groups is 2. The average molecular weight is 725 g/mol. The maximum absolute atomic E-state index is 14.6. The summed E-state index contributed by atoms with van der Waals surface area (Å²) in [5.74, 6) is -0.542. The molecule has 0 aliphatic rings. The van der Waals surface area contributed by atoms with E-state index in [0.29, 0.717) is 18.9 Å². The molecule has 11 heteroatoms. The fraction of sp³-hybridized carbons (Fsp3) is 0.257. The van der Waals surface area contributed by atoms with E-state index in [2.05, 4.69) is 21.2 Å². The van der Waals surface area contributed by atoms with Crippen molar-refractivity contribution < 1.29 is 22.7 Å². The number of likely N-dealkylation sites (N-methyl/N-ethyl adjacent to an activating group) is 1. The highest BCUT2D eigenvalue weighted by molar-refractivity contribution is 9.10. The zero-order valence-corrected chi connectivity index (χ0v) is 29.3. The lowest BCUT2D eigenvalue weighted by molar-refractivity contribution is -0.140. The summed E-state index contributed by atoms with van der Waals surface area (Å²) in [5, 5.41) is 2.88. The van der Waals surface area contributed by atoms with Crippen LogP contribution in [0.2, 0.25) is 0 Å². The lowest BCUT2D eigenvalue weighted by Crippen LogP contribution is -2.53. The van der Waals surface area contributed by atoms with Gasteiger partial charge in [-0.15, -0.1) is 11.8 Å². The van der Waals surface area contributed by atoms with E-state index >= 15 is 0 Å². The van der Waals surface area contributed by atoms with Crippen LogP contribution in [0, 0.1) is 0 Å². The summed E-state index contributed by atoms with van der Waals surface area (Å²) in [5.41, 5.74) is 1.87. The fourth-order valence-electron chi connectivity index (χ4n) is 5.01. The highest BCUT2D eigenvalue weighted by Crippen LogP contribution is 2.33. The number of ether oxygens (including phenoxy) is 1. The van der Waals surface area contributed by atoms with Crippen molar-refractivity contribution in [3.63, 3.8) is 0 Å². The largest absolute Gasteiger partial charge is 0.492 e. The first kappa shape index (κ1) is 35.1. The number of halogens is 1. The number of nitrogens with one attached hydrogen (secondary N) is 1. The van der Waals surface area contributed by atoms with Crippen molar-refractivity contribution in [1.82, 2.24) is 10.2 Å². The summed E-state index contributed by atoms with van der Waals surface area (Å²) in [7, 11) is -4.25. The SMILES string of the molecule is CCNC(=O)C(Cc1ccccc1)N(Cc1cccc(Br)c1)C(=O)CN(c1ccccc1OCC)S(=O)(=O)c1ccc(SC)cc1. The molecule has 0 bridgehead atoms. The van der Waals surface area contributed by atoms with Gasteiger partial charge in [-0.1, -0.05) is 70.5 Å². The monoisotopic (exact) mass is 723 g/mol. The van der Waals surface area contributed by atoms with Crippen LogP contribution < -0.4 is 14.4 Å². The molecule has 4 aromatic carbocycles. The molecule has 0 heterocycles. The van der Waals surface area contributed by atoms with Gasteiger partial charge in [0.15, 0.2) is 0 Å². The van der Waals surface area contributed by atoms with Crippen LogP contribution in [0.3, 0.4) is 0 Å². The summed E-state index contributed by atoms with van der Waals surface area (Å²) in [6, 6.07) is 29.3. The Morgan fingerprint density at radius 2 is 1.57 bits per heavy atom. The second kappa shape index (κ2) is 16.7. The van der Waals surface area contributed by atoms with Crippen LogP contribution >= 0.6 is 27.7 Å². The summed E-state index contributed by atoms with van der Waals surface area (Å²) in [6.45, 7) is 3.82. The number of carbonyl (C=O) groups excluding carboxylic acids is 2. The molecule has 0 saturated carbocycles. The molecule has 0 spiro atoms. The number of benzene rings is 4. The summed E-state index contributed by atoms with van der Waals surface area (Å²) >= 11 is 5.00. The first-order valence-electron chi connectivity index (χ1n) is 14.9. The van der Waals surface area contributed by atoms with Gasteiger partial charge in [-0.3, -0.25) is 13.9 Å². The lowest BCUT2D eigenvalue weighted by atomic mass is 10.0. The molecule has 1 atom stereocenters. The van der Waals surface area contributed by atoms with Gasteiger partial charge in [-0.25, -0.2) is 8.42 Å². The maximum Gasteiger partial charge on any atom is 0.264 e. The predicted octanol–water partition coefficient (Wildman–Crippen LogP) is 6.54. The number of para-hydroxylation sites is 2. The lowest BCUT2D eigenvalue weighted by Gasteiger charge is -2.34. The molecule has 1 unspecified atom stereocenters. The topological polar surface area (TPSA) is 96.0 Å². The maximum atomic E-state index is 14.6. The Hall–Kier alpha value is -3.80. The van der Waals surface area contributed by atoms with Gasteiger partial charge >= 0.3 is 0 Å². The third-order valence-corrected chi connectivity index (χ3v) is 10.2. The number of thioether (sulfide) groups is 1. The smallest absolute Gasteiger partial charge is 0.264 e. The summed E-state index contributed by atoms with van der Waals surface area (Å²) in [4.78, 5) is 30.7. The zero-order valence-electron chi connectivity index (χ0n) is 26.1. The van der Waals surface area contributed by atoms with E-state index in [9.17, 15) is 18.0 Å². The molecule has 242 valence electrons. The minimum Gasteiger partial charge on any atom is -0.492 e. The quantitative estimate of drug-likeness (QED) is 0.140. The molecule has 0 aliphatic heterocycles. The third-order valence-electron chi connectivity index (χ3n) is 7.22. The standard InChI is InChI=1S/C35H38BrN3O5S2/c1-4-37-35(41)32(23-26-12-7-6-8-13-26)38(24-27-14-11-15-28(36)22-27)34(40)25-39(31-16-9-10-17-33(31)44-5-2)46(42,43)30-20-18-29(45-3)19-21-30/h6-22,32H,4-5,23-25H2,1-3H3,(H,37,41). The third kappa shape index (κ3) is 8.92. The van der Waals surface area contributed by atoms with E-state index in [4.69, 9.17) is 4.74 Å². The molecule has 0 radical (unpaired) electrons. The molecule has 4 aromatic rings. The number of hydrogen-bond donors (Lipinski definition) is 1. The van der Waals surface area contributed by atoms with Gasteiger partial charge in [-0.05, 0) is 79.8 Å². The minimum atomic E-state index is -4.25. The van der Waals surface area contributed by atoms with Gasteiger partial charge in [0.05, 0.1) is 17.2 Å². The molecular weight excluding hydrogens is 686 g/mol. The second-order valence-corrected chi connectivity index (χ2v) is 14.0. The highest BCUT2D eigenvalue weighted by atomic mass is 79.9. The number of amides is 2. The van der Waals surface area contributed by atoms with E-state index in [1.165, 1.54) is 28.8 Å². The zero-order chi connectivity index (χ0) is 33.1. The minimum absolute atomic E-state index is 0.0347. The normalized spacial score (nSPS) is 11.8. The number of hydrogen-bond acceptors (Lipinski definition) is 6. The first-order chi connectivity index (χ1) is 22.2. The molecule has 0 aromatic heterocycles. The summed E-state index contributed by atoms with van der Waals surface area (Å²) in [6.07, 6.45) is 2.15. The van der Waals surface area contributed by atoms with Crippen LogP contribution in [-0.4, -0.2) is 57.1 Å². The van der Waals surface area contributed by atoms with Crippen molar-refractivity contribution in [2.45, 2.75) is 42.6 Å². The molecule has 2 amide bonds. The molecule has 0 aliphatic carbocycles. The number of sulfonamides is 1. The van der Waals surface area contributed by atoms with E-state index in [1.807, 2.05) is 74.7 Å². The molecule has 0 saturated heterocycles. The van der Waals surface area contributed by atoms with E-state index < -0.39 is 28.5 Å². The van der Waals surface area contributed by atoms with Gasteiger partial charge in [0.1, 0.15) is 18.3 Å². The van der Waals surface area contributed by atoms with E-state index in [0.717, 1.165) is 24.8 Å². The number of nitrogens with zero attached hydrogens (tertiary/aromatic N) is 2.